The molecular weight excluding hydrogens is 350 g/mol. The third kappa shape index (κ3) is 3.29. The number of likely N-dealkylation sites (N-methyl/N-ethyl adjacent to an activating group) is 1. The van der Waals surface area contributed by atoms with Gasteiger partial charge in [0.05, 0.1) is 12.0 Å². The average molecular weight is 366 g/mol. The first-order chi connectivity index (χ1) is 11.8. The van der Waals surface area contributed by atoms with Gasteiger partial charge in [-0.3, -0.25) is 15.4 Å². The molecule has 1 fully saturated rings. The number of nitro groups is 1. The van der Waals surface area contributed by atoms with E-state index in [0.29, 0.717) is 15.9 Å². The van der Waals surface area contributed by atoms with Gasteiger partial charge in [0, 0.05) is 12.1 Å². The van der Waals surface area contributed by atoms with Crippen molar-refractivity contribution in [3.8, 4) is 5.75 Å². The molecule has 3 atom stereocenters. The Morgan fingerprint density at radius 2 is 2.12 bits per heavy atom. The first-order valence-corrected chi connectivity index (χ1v) is 8.21. The molecule has 1 aromatic carbocycles. The first-order valence-electron chi connectivity index (χ1n) is 7.39. The van der Waals surface area contributed by atoms with E-state index in [-0.39, 0.29) is 22.7 Å². The number of urea groups is 1. The Morgan fingerprint density at radius 3 is 2.68 bits per heavy atom. The molecule has 11 heteroatoms. The standard InChI is InChI=1S/C14H15N5O5S/c1-8(24-10-5-3-9(4-6-10)18(22)23)12-16-17-14(25-12)19(2)7-11(20)15-13(19)21/h3-6,8,11,20H,7H2,1-2H3/p+1. The van der Waals surface area contributed by atoms with Crippen LogP contribution in [0.3, 0.4) is 0 Å². The molecule has 0 aliphatic carbocycles. The monoisotopic (exact) mass is 366 g/mol. The molecule has 1 saturated heterocycles. The molecule has 10 nitrogen and oxygen atoms in total. The largest absolute Gasteiger partial charge is 0.483 e. The Hall–Kier alpha value is -2.63. The number of amides is 2. The van der Waals surface area contributed by atoms with E-state index in [4.69, 9.17) is 4.74 Å². The van der Waals surface area contributed by atoms with Gasteiger partial charge in [-0.15, -0.1) is 5.10 Å². The van der Waals surface area contributed by atoms with Crippen molar-refractivity contribution in [2.45, 2.75) is 19.3 Å². The smallest absolute Gasteiger partial charge is 0.425 e. The van der Waals surface area contributed by atoms with Crippen LogP contribution < -0.4 is 14.5 Å². The Morgan fingerprint density at radius 1 is 1.44 bits per heavy atom. The van der Waals surface area contributed by atoms with Crippen LogP contribution in [0, 0.1) is 10.1 Å². The number of rotatable bonds is 5. The Balaban J connectivity index is 1.73. The molecule has 132 valence electrons. The molecule has 25 heavy (non-hydrogen) atoms. The number of aliphatic hydroxyl groups is 1. The SMILES string of the molecule is CC(Oc1ccc([N+](=O)[O-])cc1)c1nnc([N+]2(C)CC(O)NC2=O)s1. The number of nitrogens with zero attached hydrogens (tertiary/aromatic N) is 4. The van der Waals surface area contributed by atoms with Gasteiger partial charge in [-0.05, 0) is 30.4 Å². The maximum Gasteiger partial charge on any atom is 0.425 e. The van der Waals surface area contributed by atoms with Gasteiger partial charge in [-0.2, -0.15) is 4.48 Å². The highest BCUT2D eigenvalue weighted by Gasteiger charge is 2.47. The van der Waals surface area contributed by atoms with Crippen molar-refractivity contribution in [1.82, 2.24) is 20.0 Å². The molecule has 0 bridgehead atoms. The molecular formula is C14H16N5O5S+. The van der Waals surface area contributed by atoms with Crippen LogP contribution in [0.4, 0.5) is 15.6 Å². The molecule has 2 N–H and O–H groups in total. The van der Waals surface area contributed by atoms with Crippen LogP contribution in [-0.2, 0) is 0 Å². The van der Waals surface area contributed by atoms with Gasteiger partial charge in [0.1, 0.15) is 18.4 Å². The third-order valence-corrected chi connectivity index (χ3v) is 5.13. The second-order valence-electron chi connectivity index (χ2n) is 5.77. The highest BCUT2D eigenvalue weighted by atomic mass is 32.1. The number of quaternary nitrogens is 1. The topological polar surface area (TPSA) is 127 Å². The molecule has 0 radical (unpaired) electrons. The summed E-state index contributed by atoms with van der Waals surface area (Å²) < 4.78 is 5.54. The quantitative estimate of drug-likeness (QED) is 0.467. The molecule has 2 aromatic rings. The Labute approximate surface area is 146 Å². The zero-order chi connectivity index (χ0) is 18.2. The van der Waals surface area contributed by atoms with Crippen molar-refractivity contribution in [3.63, 3.8) is 0 Å². The summed E-state index contributed by atoms with van der Waals surface area (Å²) in [5.74, 6) is 0.463. The number of aromatic nitrogens is 2. The van der Waals surface area contributed by atoms with E-state index in [0.717, 1.165) is 0 Å². The predicted octanol–water partition coefficient (Wildman–Crippen LogP) is 1.56. The van der Waals surface area contributed by atoms with Gasteiger partial charge in [0.2, 0.25) is 0 Å². The zero-order valence-corrected chi connectivity index (χ0v) is 14.3. The lowest BCUT2D eigenvalue weighted by Gasteiger charge is -2.19. The lowest BCUT2D eigenvalue weighted by molar-refractivity contribution is -0.384. The minimum atomic E-state index is -0.918. The van der Waals surface area contributed by atoms with E-state index < -0.39 is 17.3 Å². The average Bonchev–Trinajstić information content (AvgIpc) is 3.14. The molecule has 2 amide bonds. The lowest BCUT2D eigenvalue weighted by Crippen LogP contribution is -2.47. The van der Waals surface area contributed by atoms with Crippen molar-refractivity contribution in [2.75, 3.05) is 13.6 Å². The minimum absolute atomic E-state index is 0.0192. The fourth-order valence-corrected chi connectivity index (χ4v) is 3.34. The van der Waals surface area contributed by atoms with Crippen LogP contribution in [-0.4, -0.2) is 46.1 Å². The lowest BCUT2D eigenvalue weighted by atomic mass is 10.3. The summed E-state index contributed by atoms with van der Waals surface area (Å²) in [4.78, 5) is 22.2. The van der Waals surface area contributed by atoms with E-state index >= 15 is 0 Å². The minimum Gasteiger partial charge on any atom is -0.483 e. The first kappa shape index (κ1) is 17.2. The van der Waals surface area contributed by atoms with E-state index in [9.17, 15) is 20.0 Å². The van der Waals surface area contributed by atoms with Crippen LogP contribution in [0.25, 0.3) is 0 Å². The molecule has 0 spiro atoms. The number of hydrogen-bond acceptors (Lipinski definition) is 8. The van der Waals surface area contributed by atoms with Gasteiger partial charge in [0.25, 0.3) is 5.69 Å². The summed E-state index contributed by atoms with van der Waals surface area (Å²) in [6.45, 7) is 1.94. The molecule has 1 aromatic heterocycles. The molecule has 3 rings (SSSR count). The van der Waals surface area contributed by atoms with Crippen molar-refractivity contribution in [1.29, 1.82) is 0 Å². The van der Waals surface area contributed by atoms with Crippen LogP contribution in [0.5, 0.6) is 5.75 Å². The maximum atomic E-state index is 12.0. The molecule has 1 aliphatic rings. The molecule has 2 heterocycles. The van der Waals surface area contributed by atoms with Gasteiger partial charge >= 0.3 is 11.2 Å². The number of carbonyl (C=O) groups excluding carboxylic acids is 1. The fraction of sp³-hybridized carbons (Fsp3) is 0.357. The Bertz CT molecular complexity index is 810. The van der Waals surface area contributed by atoms with E-state index in [2.05, 4.69) is 15.5 Å². The van der Waals surface area contributed by atoms with Gasteiger partial charge in [-0.25, -0.2) is 4.79 Å². The molecule has 1 aliphatic heterocycles. The van der Waals surface area contributed by atoms with Crippen LogP contribution in [0.15, 0.2) is 24.3 Å². The van der Waals surface area contributed by atoms with Gasteiger partial charge in [-0.1, -0.05) is 5.10 Å². The summed E-state index contributed by atoms with van der Waals surface area (Å²) in [5.41, 5.74) is -0.0192. The number of benzene rings is 1. The zero-order valence-electron chi connectivity index (χ0n) is 13.4. The Kier molecular flexibility index (Phi) is 4.37. The summed E-state index contributed by atoms with van der Waals surface area (Å²) in [6, 6.07) is 5.38. The van der Waals surface area contributed by atoms with Gasteiger partial charge in [0.15, 0.2) is 11.2 Å². The number of nitro benzene ring substituents is 1. The molecule has 0 saturated carbocycles. The van der Waals surface area contributed by atoms with Crippen molar-refractivity contribution in [3.05, 3.63) is 39.4 Å². The number of non-ortho nitro benzene ring substituents is 1. The number of hydrogen-bond donors (Lipinski definition) is 2. The summed E-state index contributed by atoms with van der Waals surface area (Å²) in [7, 11) is 1.65. The van der Waals surface area contributed by atoms with Gasteiger partial charge < -0.3 is 9.84 Å². The maximum absolute atomic E-state index is 12.0. The van der Waals surface area contributed by atoms with Crippen LogP contribution >= 0.6 is 11.3 Å². The number of aliphatic hydroxyl groups excluding tert-OH is 1. The summed E-state index contributed by atoms with van der Waals surface area (Å²) in [6.07, 6.45) is -1.37. The molecule has 3 unspecified atom stereocenters. The second-order valence-corrected chi connectivity index (χ2v) is 6.76. The number of ether oxygens (including phenoxy) is 1. The highest BCUT2D eigenvalue weighted by Crippen LogP contribution is 2.33. The predicted molar refractivity (Wildman–Crippen MR) is 89.2 cm³/mol. The summed E-state index contributed by atoms with van der Waals surface area (Å²) in [5, 5.41) is 31.8. The van der Waals surface area contributed by atoms with Crippen molar-refractivity contribution in [2.24, 2.45) is 0 Å². The van der Waals surface area contributed by atoms with E-state index in [1.165, 1.54) is 35.6 Å². The van der Waals surface area contributed by atoms with Crippen LogP contribution in [0.2, 0.25) is 0 Å². The fourth-order valence-electron chi connectivity index (χ4n) is 2.42. The number of nitrogens with one attached hydrogen (secondary N) is 1. The second kappa shape index (κ2) is 6.35. The van der Waals surface area contributed by atoms with E-state index in [1.54, 1.807) is 14.0 Å². The number of carbonyl (C=O) groups is 1. The van der Waals surface area contributed by atoms with E-state index in [1.807, 2.05) is 0 Å². The normalized spacial score (nSPS) is 24.0. The highest BCUT2D eigenvalue weighted by molar-refractivity contribution is 7.15. The van der Waals surface area contributed by atoms with Crippen LogP contribution in [0.1, 0.15) is 18.0 Å². The van der Waals surface area contributed by atoms with Crippen molar-refractivity contribution >= 4 is 28.2 Å². The third-order valence-electron chi connectivity index (χ3n) is 3.84. The summed E-state index contributed by atoms with van der Waals surface area (Å²) >= 11 is 1.21. The van der Waals surface area contributed by atoms with Crippen molar-refractivity contribution < 1.29 is 19.6 Å².